The first-order chi connectivity index (χ1) is 21.3. The van der Waals surface area contributed by atoms with Crippen LogP contribution in [0.1, 0.15) is 28.5 Å². The van der Waals surface area contributed by atoms with Gasteiger partial charge >= 0.3 is 5.69 Å². The van der Waals surface area contributed by atoms with Gasteiger partial charge in [-0.15, -0.1) is 6.58 Å². The van der Waals surface area contributed by atoms with Crippen molar-refractivity contribution in [3.05, 3.63) is 141 Å². The molecule has 0 saturated carbocycles. The van der Waals surface area contributed by atoms with E-state index in [0.29, 0.717) is 17.1 Å². The number of aryl methyl sites for hydroxylation is 1. The Bertz CT molecular complexity index is 1620. The molecule has 1 aliphatic heterocycles. The fourth-order valence-electron chi connectivity index (χ4n) is 5.53. The van der Waals surface area contributed by atoms with E-state index in [0.717, 1.165) is 16.7 Å². The first-order valence-corrected chi connectivity index (χ1v) is 14.2. The molecule has 1 aliphatic rings. The lowest BCUT2D eigenvalue weighted by atomic mass is 9.80. The molecule has 0 unspecified atom stereocenters. The van der Waals surface area contributed by atoms with E-state index in [9.17, 15) is 14.7 Å². The number of ether oxygens (including phenoxy) is 5. The third kappa shape index (κ3) is 5.97. The minimum Gasteiger partial charge on any atom is -0.497 e. The Morgan fingerprint density at radius 2 is 1.50 bits per heavy atom. The molecule has 4 atom stereocenters. The fraction of sp³-hybridized carbons (Fsp3) is 0.294. The van der Waals surface area contributed by atoms with E-state index in [4.69, 9.17) is 23.7 Å². The summed E-state index contributed by atoms with van der Waals surface area (Å²) in [4.78, 5) is 27.0. The smallest absolute Gasteiger partial charge is 0.330 e. The van der Waals surface area contributed by atoms with Crippen LogP contribution >= 0.6 is 0 Å². The zero-order valence-corrected chi connectivity index (χ0v) is 24.8. The Balaban J connectivity index is 1.59. The van der Waals surface area contributed by atoms with Crippen molar-refractivity contribution in [1.29, 1.82) is 0 Å². The molecule has 1 aromatic heterocycles. The highest BCUT2D eigenvalue weighted by atomic mass is 16.6. The highest BCUT2D eigenvalue weighted by Crippen LogP contribution is 2.43. The molecule has 5 rings (SSSR count). The third-order valence-corrected chi connectivity index (χ3v) is 7.77. The Labute approximate surface area is 255 Å². The summed E-state index contributed by atoms with van der Waals surface area (Å²) in [5.41, 5.74) is 0.433. The summed E-state index contributed by atoms with van der Waals surface area (Å²) in [6.45, 7) is 5.38. The van der Waals surface area contributed by atoms with E-state index < -0.39 is 41.4 Å². The van der Waals surface area contributed by atoms with Gasteiger partial charge in [0.25, 0.3) is 5.56 Å². The Hall–Kier alpha value is -4.48. The molecule has 10 heteroatoms. The lowest BCUT2D eigenvalue weighted by Gasteiger charge is -2.37. The van der Waals surface area contributed by atoms with Crippen molar-refractivity contribution < 1.29 is 28.8 Å². The minimum atomic E-state index is -1.25. The highest BCUT2D eigenvalue weighted by Gasteiger charge is 2.48. The molecule has 4 aromatic rings. The summed E-state index contributed by atoms with van der Waals surface area (Å²) in [5.74, 6) is 1.38. The number of benzene rings is 3. The summed E-state index contributed by atoms with van der Waals surface area (Å²) >= 11 is 0. The normalized spacial score (nSPS) is 19.9. The van der Waals surface area contributed by atoms with Crippen LogP contribution in [0.3, 0.4) is 0 Å². The summed E-state index contributed by atoms with van der Waals surface area (Å²) < 4.78 is 31.3. The maximum absolute atomic E-state index is 12.7. The number of aromatic amines is 1. The average molecular weight is 601 g/mol. The van der Waals surface area contributed by atoms with Crippen LogP contribution in [-0.2, 0) is 19.8 Å². The van der Waals surface area contributed by atoms with Gasteiger partial charge < -0.3 is 28.8 Å². The summed E-state index contributed by atoms with van der Waals surface area (Å²) in [7, 11) is 3.22. The first-order valence-electron chi connectivity index (χ1n) is 14.2. The van der Waals surface area contributed by atoms with Crippen LogP contribution in [0.4, 0.5) is 0 Å². The topological polar surface area (TPSA) is 121 Å². The number of hydrogen-bond donors (Lipinski definition) is 2. The van der Waals surface area contributed by atoms with E-state index in [1.165, 1.54) is 10.8 Å². The SMILES string of the molecule is C=CCO[C@H]1[C@H](O)[C@H](n2cc(C)c(=O)[nH]c2=O)O[C@@H]1COC(c1ccccc1)(c1ccc(OC)cc1)c1ccc(OC)cc1. The molecule has 0 aliphatic carbocycles. The quantitative estimate of drug-likeness (QED) is 0.187. The van der Waals surface area contributed by atoms with E-state index in [1.54, 1.807) is 27.2 Å². The molecular formula is C34H36N2O8. The lowest BCUT2D eigenvalue weighted by Crippen LogP contribution is -2.41. The standard InChI is InChI=1S/C34H36N2O8/c1-5-19-42-30-28(44-32(29(30)37)36-20-22(2)31(38)35-33(36)39)21-43-34(23-9-7-6-8-10-23,24-11-15-26(40-3)16-12-24)25-13-17-27(41-4)18-14-25/h5-18,20,28-30,32,37H,1,19,21H2,2-4H3,(H,35,38,39)/t28-,29+,30-,32-/m1/s1. The van der Waals surface area contributed by atoms with Gasteiger partial charge in [-0.2, -0.15) is 0 Å². The molecule has 0 spiro atoms. The van der Waals surface area contributed by atoms with Gasteiger partial charge in [-0.25, -0.2) is 4.79 Å². The number of rotatable bonds is 12. The van der Waals surface area contributed by atoms with Gasteiger partial charge in [0.15, 0.2) is 6.23 Å². The minimum absolute atomic E-state index is 0.0423. The van der Waals surface area contributed by atoms with Crippen LogP contribution in [0, 0.1) is 6.92 Å². The highest BCUT2D eigenvalue weighted by molar-refractivity contribution is 5.49. The molecule has 44 heavy (non-hydrogen) atoms. The summed E-state index contributed by atoms with van der Waals surface area (Å²) in [6.07, 6.45) is -1.14. The fourth-order valence-corrected chi connectivity index (χ4v) is 5.53. The predicted octanol–water partition coefficient (Wildman–Crippen LogP) is 3.70. The van der Waals surface area contributed by atoms with E-state index in [2.05, 4.69) is 11.6 Å². The van der Waals surface area contributed by atoms with Crippen LogP contribution < -0.4 is 20.7 Å². The van der Waals surface area contributed by atoms with Gasteiger partial charge in [0, 0.05) is 11.8 Å². The predicted molar refractivity (Wildman–Crippen MR) is 164 cm³/mol. The molecule has 0 amide bonds. The van der Waals surface area contributed by atoms with Gasteiger partial charge in [-0.05, 0) is 47.9 Å². The Morgan fingerprint density at radius 3 is 2.05 bits per heavy atom. The number of nitrogens with zero attached hydrogens (tertiary/aromatic N) is 1. The van der Waals surface area contributed by atoms with Crippen LogP contribution in [0.25, 0.3) is 0 Å². The molecule has 3 aromatic carbocycles. The molecule has 2 N–H and O–H groups in total. The number of aliphatic hydroxyl groups excluding tert-OH is 1. The van der Waals surface area contributed by atoms with Gasteiger partial charge in [-0.3, -0.25) is 14.3 Å². The zero-order valence-electron chi connectivity index (χ0n) is 24.8. The molecule has 0 bridgehead atoms. The van der Waals surface area contributed by atoms with Crippen LogP contribution in [0.5, 0.6) is 11.5 Å². The van der Waals surface area contributed by atoms with Crippen molar-refractivity contribution in [3.63, 3.8) is 0 Å². The molecule has 2 heterocycles. The summed E-state index contributed by atoms with van der Waals surface area (Å²) in [6, 6.07) is 25.0. The van der Waals surface area contributed by atoms with Gasteiger partial charge in [0.05, 0.1) is 27.4 Å². The van der Waals surface area contributed by atoms with Crippen molar-refractivity contribution in [2.24, 2.45) is 0 Å². The van der Waals surface area contributed by atoms with Crippen LogP contribution in [0.2, 0.25) is 0 Å². The number of aliphatic hydroxyl groups is 1. The van der Waals surface area contributed by atoms with Crippen LogP contribution in [0.15, 0.2) is 107 Å². The van der Waals surface area contributed by atoms with Crippen molar-refractivity contribution in [3.8, 4) is 11.5 Å². The lowest BCUT2D eigenvalue weighted by molar-refractivity contribution is -0.102. The maximum atomic E-state index is 12.7. The van der Waals surface area contributed by atoms with Crippen LogP contribution in [-0.4, -0.2) is 60.4 Å². The molecule has 0 radical (unpaired) electrons. The average Bonchev–Trinajstić information content (AvgIpc) is 3.37. The number of H-pyrrole nitrogens is 1. The zero-order chi connectivity index (χ0) is 31.3. The molecule has 10 nitrogen and oxygen atoms in total. The molecule has 230 valence electrons. The maximum Gasteiger partial charge on any atom is 0.330 e. The van der Waals surface area contributed by atoms with Crippen molar-refractivity contribution in [1.82, 2.24) is 9.55 Å². The number of nitrogens with one attached hydrogen (secondary N) is 1. The number of methoxy groups -OCH3 is 2. The second-order valence-electron chi connectivity index (χ2n) is 10.4. The molecule has 1 fully saturated rings. The number of hydrogen-bond acceptors (Lipinski definition) is 8. The summed E-state index contributed by atoms with van der Waals surface area (Å²) in [5, 5.41) is 11.4. The second-order valence-corrected chi connectivity index (χ2v) is 10.4. The monoisotopic (exact) mass is 600 g/mol. The van der Waals surface area contributed by atoms with E-state index in [-0.39, 0.29) is 13.2 Å². The first kappa shape index (κ1) is 31.0. The molecule has 1 saturated heterocycles. The number of aromatic nitrogens is 2. The molecular weight excluding hydrogens is 564 g/mol. The Morgan fingerprint density at radius 1 is 0.932 bits per heavy atom. The van der Waals surface area contributed by atoms with E-state index in [1.807, 2.05) is 78.9 Å². The van der Waals surface area contributed by atoms with E-state index >= 15 is 0 Å². The Kier molecular flexibility index (Phi) is 9.46. The van der Waals surface area contributed by atoms with Crippen molar-refractivity contribution >= 4 is 0 Å². The van der Waals surface area contributed by atoms with Gasteiger partial charge in [-0.1, -0.05) is 60.7 Å². The van der Waals surface area contributed by atoms with Gasteiger partial charge in [0.2, 0.25) is 0 Å². The largest absolute Gasteiger partial charge is 0.497 e. The van der Waals surface area contributed by atoms with Crippen molar-refractivity contribution in [2.45, 2.75) is 37.1 Å². The second kappa shape index (κ2) is 13.4. The van der Waals surface area contributed by atoms with Crippen molar-refractivity contribution in [2.75, 3.05) is 27.4 Å². The van der Waals surface area contributed by atoms with Gasteiger partial charge in [0.1, 0.15) is 35.4 Å². The third-order valence-electron chi connectivity index (χ3n) is 7.77.